The second kappa shape index (κ2) is 7.32. The molecule has 2 aromatic rings. The molecule has 1 aliphatic rings. The molecule has 1 unspecified atom stereocenters. The summed E-state index contributed by atoms with van der Waals surface area (Å²) in [5.41, 5.74) is 2.86. The van der Waals surface area contributed by atoms with Crippen LogP contribution in [0.5, 0.6) is 0 Å². The first-order valence-electron chi connectivity index (χ1n) is 7.99. The zero-order valence-electron chi connectivity index (χ0n) is 14.2. The van der Waals surface area contributed by atoms with Gasteiger partial charge in [0.15, 0.2) is 0 Å². The lowest BCUT2D eigenvalue weighted by Crippen LogP contribution is -2.29. The summed E-state index contributed by atoms with van der Waals surface area (Å²) in [5, 5.41) is 2.83. The Morgan fingerprint density at radius 1 is 1.15 bits per heavy atom. The normalized spacial score (nSPS) is 14.4. The lowest BCUT2D eigenvalue weighted by Gasteiger charge is -2.19. The molecule has 1 atom stereocenters. The van der Waals surface area contributed by atoms with Crippen LogP contribution in [0, 0.1) is 0 Å². The summed E-state index contributed by atoms with van der Waals surface area (Å²) in [7, 11) is 0. The van der Waals surface area contributed by atoms with E-state index in [1.54, 1.807) is 6.07 Å². The molecule has 0 spiro atoms. The predicted octanol–water partition coefficient (Wildman–Crippen LogP) is 4.14. The van der Waals surface area contributed by atoms with Crippen molar-refractivity contribution >= 4 is 55.1 Å². The quantitative estimate of drug-likeness (QED) is 0.670. The molecule has 134 valence electrons. The Hall–Kier alpha value is -1.99. The summed E-state index contributed by atoms with van der Waals surface area (Å²) in [5.74, 6) is -1.12. The van der Waals surface area contributed by atoms with Crippen molar-refractivity contribution < 1.29 is 14.4 Å². The van der Waals surface area contributed by atoms with Gasteiger partial charge in [0.05, 0.1) is 23.8 Å². The summed E-state index contributed by atoms with van der Waals surface area (Å²) < 4.78 is 1.43. The van der Waals surface area contributed by atoms with Crippen LogP contribution in [0.1, 0.15) is 41.4 Å². The number of nitrogens with zero attached hydrogens (tertiary/aromatic N) is 1. The van der Waals surface area contributed by atoms with Crippen molar-refractivity contribution in [3.63, 3.8) is 0 Å². The van der Waals surface area contributed by atoms with Gasteiger partial charge in [-0.15, -0.1) is 0 Å². The van der Waals surface area contributed by atoms with E-state index in [-0.39, 0.29) is 11.9 Å². The van der Waals surface area contributed by atoms with Crippen molar-refractivity contribution in [1.29, 1.82) is 0 Å². The number of nitrogens with one attached hydrogen (secondary N) is 1. The second-order valence-electron chi connectivity index (χ2n) is 6.17. The summed E-state index contributed by atoms with van der Waals surface area (Å²) in [4.78, 5) is 37.3. The van der Waals surface area contributed by atoms with Gasteiger partial charge in [-0.25, -0.2) is 0 Å². The molecule has 3 rings (SSSR count). The van der Waals surface area contributed by atoms with Crippen molar-refractivity contribution in [3.8, 4) is 0 Å². The number of halogens is 2. The minimum Gasteiger partial charge on any atom is -0.350 e. The summed E-state index contributed by atoms with van der Waals surface area (Å²) in [6.45, 7) is 3.69. The number of hydrogen-bond acceptors (Lipinski definition) is 3. The Bertz CT molecular complexity index is 910. The highest BCUT2D eigenvalue weighted by Crippen LogP contribution is 2.39. The minimum absolute atomic E-state index is 0.0876. The van der Waals surface area contributed by atoms with Gasteiger partial charge in [-0.3, -0.25) is 19.3 Å². The average Bonchev–Trinajstić information content (AvgIpc) is 2.80. The zero-order chi connectivity index (χ0) is 19.0. The molecule has 1 N–H and O–H groups in total. The van der Waals surface area contributed by atoms with Gasteiger partial charge in [0.2, 0.25) is 5.91 Å². The number of ketones is 1. The number of amides is 2. The van der Waals surface area contributed by atoms with Gasteiger partial charge in [-0.2, -0.15) is 0 Å². The molecule has 1 aliphatic heterocycles. The van der Waals surface area contributed by atoms with Crippen LogP contribution in [0.3, 0.4) is 0 Å². The maximum absolute atomic E-state index is 12.4. The Kier molecular flexibility index (Phi) is 5.29. The van der Waals surface area contributed by atoms with Crippen LogP contribution in [0.15, 0.2) is 45.3 Å². The number of anilines is 1. The first-order chi connectivity index (χ1) is 12.3. The van der Waals surface area contributed by atoms with Crippen LogP contribution in [0.25, 0.3) is 0 Å². The first kappa shape index (κ1) is 18.8. The molecule has 26 heavy (non-hydrogen) atoms. The molecule has 0 saturated heterocycles. The smallest absolute Gasteiger partial charge is 0.299 e. The second-order valence-corrected chi connectivity index (χ2v) is 7.94. The van der Waals surface area contributed by atoms with E-state index in [9.17, 15) is 14.4 Å². The number of benzene rings is 2. The van der Waals surface area contributed by atoms with E-state index in [1.807, 2.05) is 37.3 Å². The van der Waals surface area contributed by atoms with Gasteiger partial charge < -0.3 is 5.32 Å². The molecule has 0 bridgehead atoms. The van der Waals surface area contributed by atoms with Crippen molar-refractivity contribution in [1.82, 2.24) is 5.32 Å². The van der Waals surface area contributed by atoms with E-state index in [2.05, 4.69) is 37.2 Å². The molecule has 5 nitrogen and oxygen atoms in total. The maximum atomic E-state index is 12.4. The highest BCUT2D eigenvalue weighted by molar-refractivity contribution is 9.11. The van der Waals surface area contributed by atoms with Gasteiger partial charge in [0.1, 0.15) is 0 Å². The third kappa shape index (κ3) is 3.59. The molecular formula is C19H16Br2N2O3. The maximum Gasteiger partial charge on any atom is 0.299 e. The van der Waals surface area contributed by atoms with Gasteiger partial charge >= 0.3 is 0 Å². The fourth-order valence-electron chi connectivity index (χ4n) is 2.99. The highest BCUT2D eigenvalue weighted by Gasteiger charge is 2.37. The number of fused-ring (bicyclic) bond motifs is 1. The number of carbonyl (C=O) groups excluding carboxylic acids is 3. The van der Waals surface area contributed by atoms with Crippen molar-refractivity contribution in [2.45, 2.75) is 26.4 Å². The topological polar surface area (TPSA) is 66.5 Å². The van der Waals surface area contributed by atoms with Crippen molar-refractivity contribution in [2.75, 3.05) is 4.90 Å². The van der Waals surface area contributed by atoms with Crippen LogP contribution in [0.4, 0.5) is 5.69 Å². The molecule has 2 aromatic carbocycles. The van der Waals surface area contributed by atoms with E-state index < -0.39 is 11.7 Å². The van der Waals surface area contributed by atoms with E-state index in [0.29, 0.717) is 22.3 Å². The monoisotopic (exact) mass is 478 g/mol. The van der Waals surface area contributed by atoms with Crippen molar-refractivity contribution in [2.24, 2.45) is 0 Å². The molecule has 0 radical (unpaired) electrons. The summed E-state index contributed by atoms with van der Waals surface area (Å²) in [6, 6.07) is 11.0. The Morgan fingerprint density at radius 2 is 1.81 bits per heavy atom. The number of carbonyl (C=O) groups is 3. The third-order valence-electron chi connectivity index (χ3n) is 4.22. The minimum atomic E-state index is -0.533. The van der Waals surface area contributed by atoms with Crippen LogP contribution < -0.4 is 10.2 Å². The van der Waals surface area contributed by atoms with Gasteiger partial charge in [0, 0.05) is 15.9 Å². The summed E-state index contributed by atoms with van der Waals surface area (Å²) >= 11 is 6.79. The van der Waals surface area contributed by atoms with Crippen LogP contribution in [0.2, 0.25) is 0 Å². The predicted molar refractivity (Wildman–Crippen MR) is 106 cm³/mol. The Labute approximate surface area is 168 Å². The average molecular weight is 480 g/mol. The lowest BCUT2D eigenvalue weighted by atomic mass is 10.1. The fraction of sp³-hybridized carbons (Fsp3) is 0.211. The molecular weight excluding hydrogens is 464 g/mol. The fourth-order valence-corrected chi connectivity index (χ4v) is 4.43. The first-order valence-corrected chi connectivity index (χ1v) is 9.57. The SMILES string of the molecule is CC(=O)NC(C)c1ccc(CN2C(=O)C(=O)c3cc(Br)cc(Br)c32)cc1. The molecule has 1 heterocycles. The highest BCUT2D eigenvalue weighted by atomic mass is 79.9. The van der Waals surface area contributed by atoms with Gasteiger partial charge in [0.25, 0.3) is 11.7 Å². The Balaban J connectivity index is 1.85. The molecule has 7 heteroatoms. The van der Waals surface area contributed by atoms with E-state index in [1.165, 1.54) is 11.8 Å². The van der Waals surface area contributed by atoms with Gasteiger partial charge in [-0.1, -0.05) is 40.2 Å². The number of rotatable bonds is 4. The van der Waals surface area contributed by atoms with Crippen LogP contribution >= 0.6 is 31.9 Å². The number of hydrogen-bond donors (Lipinski definition) is 1. The molecule has 0 saturated carbocycles. The standard InChI is InChI=1S/C19H16Br2N2O3/c1-10(22-11(2)24)13-5-3-12(4-6-13)9-23-17-15(18(25)19(23)26)7-14(20)8-16(17)21/h3-8,10H,9H2,1-2H3,(H,22,24). The lowest BCUT2D eigenvalue weighted by molar-refractivity contribution is -0.119. The molecule has 0 aromatic heterocycles. The molecule has 0 fully saturated rings. The van der Waals surface area contributed by atoms with Crippen LogP contribution in [-0.4, -0.2) is 17.6 Å². The largest absolute Gasteiger partial charge is 0.350 e. The van der Waals surface area contributed by atoms with E-state index >= 15 is 0 Å². The summed E-state index contributed by atoms with van der Waals surface area (Å²) in [6.07, 6.45) is 0. The van der Waals surface area contributed by atoms with E-state index in [0.717, 1.165) is 15.6 Å². The van der Waals surface area contributed by atoms with Crippen molar-refractivity contribution in [3.05, 3.63) is 62.0 Å². The third-order valence-corrected chi connectivity index (χ3v) is 5.28. The van der Waals surface area contributed by atoms with Gasteiger partial charge in [-0.05, 0) is 46.1 Å². The zero-order valence-corrected chi connectivity index (χ0v) is 17.3. The Morgan fingerprint density at radius 3 is 2.42 bits per heavy atom. The molecule has 2 amide bonds. The molecule has 0 aliphatic carbocycles. The van der Waals surface area contributed by atoms with Crippen LogP contribution in [-0.2, 0) is 16.1 Å². The van der Waals surface area contributed by atoms with E-state index in [4.69, 9.17) is 0 Å². The number of Topliss-reactive ketones (excluding diaryl/α,β-unsaturated/α-hetero) is 1.